The fourth-order valence-electron chi connectivity index (χ4n) is 2.67. The molecule has 0 aromatic carbocycles. The Kier molecular flexibility index (Phi) is 4.87. The van der Waals surface area contributed by atoms with E-state index in [0.29, 0.717) is 17.6 Å². The third kappa shape index (κ3) is 3.16. The van der Waals surface area contributed by atoms with Crippen LogP contribution in [0.5, 0.6) is 0 Å². The van der Waals surface area contributed by atoms with E-state index in [0.717, 1.165) is 17.4 Å². The Morgan fingerprint density at radius 3 is 2.78 bits per heavy atom. The maximum atomic E-state index is 11.9. The fourth-order valence-corrected chi connectivity index (χ4v) is 3.52. The number of aryl methyl sites for hydroxylation is 1. The number of carbonyl (C=O) groups is 1. The lowest BCUT2D eigenvalue weighted by molar-refractivity contribution is 0.0908. The molecule has 3 nitrogen and oxygen atoms in total. The van der Waals surface area contributed by atoms with Crippen molar-refractivity contribution in [2.75, 3.05) is 11.9 Å². The Bertz CT molecular complexity index is 402. The van der Waals surface area contributed by atoms with Crippen LogP contribution in [-0.2, 0) is 0 Å². The Morgan fingerprint density at radius 1 is 1.44 bits per heavy atom. The lowest BCUT2D eigenvalue weighted by Crippen LogP contribution is -2.34. The summed E-state index contributed by atoms with van der Waals surface area (Å²) in [5.74, 6) is 1.65. The van der Waals surface area contributed by atoms with Gasteiger partial charge in [-0.3, -0.25) is 4.79 Å². The summed E-state index contributed by atoms with van der Waals surface area (Å²) in [6.07, 6.45) is 6.65. The highest BCUT2D eigenvalue weighted by atomic mass is 79.9. The second-order valence-electron chi connectivity index (χ2n) is 5.10. The number of alkyl halides is 1. The zero-order valence-electron chi connectivity index (χ0n) is 10.7. The molecule has 1 aromatic rings. The van der Waals surface area contributed by atoms with Gasteiger partial charge in [-0.15, -0.1) is 0 Å². The van der Waals surface area contributed by atoms with Crippen molar-refractivity contribution >= 4 is 21.8 Å². The van der Waals surface area contributed by atoms with E-state index in [1.165, 1.54) is 25.7 Å². The summed E-state index contributed by atoms with van der Waals surface area (Å²) in [4.78, 5) is 11.9. The number of rotatable bonds is 4. The molecular weight excluding hydrogens is 294 g/mol. The van der Waals surface area contributed by atoms with E-state index >= 15 is 0 Å². The molecule has 4 heteroatoms. The number of furan rings is 1. The molecule has 2 rings (SSSR count). The second kappa shape index (κ2) is 6.41. The van der Waals surface area contributed by atoms with Gasteiger partial charge in [-0.1, -0.05) is 28.8 Å². The Balaban J connectivity index is 1.87. The van der Waals surface area contributed by atoms with Crippen molar-refractivity contribution in [3.63, 3.8) is 0 Å². The molecule has 0 spiro atoms. The zero-order chi connectivity index (χ0) is 13.0. The Labute approximate surface area is 116 Å². The van der Waals surface area contributed by atoms with Gasteiger partial charge in [0, 0.05) is 17.4 Å². The van der Waals surface area contributed by atoms with E-state index in [1.54, 1.807) is 6.26 Å². The molecule has 0 aliphatic heterocycles. The van der Waals surface area contributed by atoms with E-state index < -0.39 is 0 Å². The van der Waals surface area contributed by atoms with Crippen LogP contribution < -0.4 is 5.32 Å². The van der Waals surface area contributed by atoms with Crippen molar-refractivity contribution < 1.29 is 9.21 Å². The largest absolute Gasteiger partial charge is 0.459 e. The molecule has 18 heavy (non-hydrogen) atoms. The molecule has 1 N–H and O–H groups in total. The highest BCUT2D eigenvalue weighted by Crippen LogP contribution is 2.30. The summed E-state index contributed by atoms with van der Waals surface area (Å²) in [6.45, 7) is 2.65. The number of hydrogen-bond donors (Lipinski definition) is 1. The second-order valence-corrected chi connectivity index (χ2v) is 5.75. The van der Waals surface area contributed by atoms with Crippen LogP contribution in [0.4, 0.5) is 0 Å². The summed E-state index contributed by atoms with van der Waals surface area (Å²) in [5, 5.41) is 4.04. The number of hydrogen-bond acceptors (Lipinski definition) is 2. The van der Waals surface area contributed by atoms with E-state index in [9.17, 15) is 4.79 Å². The summed E-state index contributed by atoms with van der Waals surface area (Å²) in [7, 11) is 0. The molecule has 2 unspecified atom stereocenters. The molecule has 1 heterocycles. The van der Waals surface area contributed by atoms with Crippen LogP contribution in [0, 0.1) is 18.8 Å². The van der Waals surface area contributed by atoms with Crippen LogP contribution in [0.3, 0.4) is 0 Å². The quantitative estimate of drug-likeness (QED) is 0.864. The van der Waals surface area contributed by atoms with Crippen molar-refractivity contribution in [2.45, 2.75) is 32.6 Å². The van der Waals surface area contributed by atoms with Crippen molar-refractivity contribution in [2.24, 2.45) is 11.8 Å². The van der Waals surface area contributed by atoms with E-state index in [2.05, 4.69) is 21.2 Å². The maximum Gasteiger partial charge on any atom is 0.287 e. The van der Waals surface area contributed by atoms with Crippen LogP contribution in [0.25, 0.3) is 0 Å². The first-order valence-electron chi connectivity index (χ1n) is 6.60. The molecule has 1 aromatic heterocycles. The van der Waals surface area contributed by atoms with Gasteiger partial charge < -0.3 is 9.73 Å². The normalized spacial score (nSPS) is 23.9. The molecule has 1 saturated carbocycles. The van der Waals surface area contributed by atoms with Gasteiger partial charge in [0.15, 0.2) is 5.76 Å². The molecular formula is C14H20BrNO2. The number of halogens is 1. The monoisotopic (exact) mass is 313 g/mol. The molecule has 2 atom stereocenters. The maximum absolute atomic E-state index is 11.9. The van der Waals surface area contributed by atoms with Gasteiger partial charge in [0.05, 0.1) is 6.26 Å². The molecule has 1 aliphatic rings. The van der Waals surface area contributed by atoms with Crippen molar-refractivity contribution in [1.82, 2.24) is 5.32 Å². The third-order valence-electron chi connectivity index (χ3n) is 3.86. The van der Waals surface area contributed by atoms with Crippen molar-refractivity contribution in [1.29, 1.82) is 0 Å². The summed E-state index contributed by atoms with van der Waals surface area (Å²) in [6, 6.07) is 1.82. The Hall–Kier alpha value is -0.770. The SMILES string of the molecule is Cc1ccoc1C(=O)NCC1CCCCC1CBr. The van der Waals surface area contributed by atoms with Gasteiger partial charge in [-0.2, -0.15) is 0 Å². The average Bonchev–Trinajstić information content (AvgIpc) is 2.82. The van der Waals surface area contributed by atoms with E-state index in [4.69, 9.17) is 4.42 Å². The minimum atomic E-state index is -0.0867. The van der Waals surface area contributed by atoms with Gasteiger partial charge in [-0.05, 0) is 37.7 Å². The first-order chi connectivity index (χ1) is 8.72. The van der Waals surface area contributed by atoms with Crippen LogP contribution in [-0.4, -0.2) is 17.8 Å². The third-order valence-corrected chi connectivity index (χ3v) is 4.69. The lowest BCUT2D eigenvalue weighted by atomic mass is 9.80. The summed E-state index contributed by atoms with van der Waals surface area (Å²) in [5.41, 5.74) is 0.896. The van der Waals surface area contributed by atoms with E-state index in [-0.39, 0.29) is 5.91 Å². The topological polar surface area (TPSA) is 42.2 Å². The molecule has 1 aliphatic carbocycles. The minimum absolute atomic E-state index is 0.0867. The summed E-state index contributed by atoms with van der Waals surface area (Å²) >= 11 is 3.58. The van der Waals surface area contributed by atoms with Gasteiger partial charge >= 0.3 is 0 Å². The minimum Gasteiger partial charge on any atom is -0.459 e. The first-order valence-corrected chi connectivity index (χ1v) is 7.72. The molecule has 0 bridgehead atoms. The van der Waals surface area contributed by atoms with Gasteiger partial charge in [-0.25, -0.2) is 0 Å². The first kappa shape index (κ1) is 13.7. The number of carbonyl (C=O) groups excluding carboxylic acids is 1. The molecule has 1 amide bonds. The Morgan fingerprint density at radius 2 is 2.17 bits per heavy atom. The summed E-state index contributed by atoms with van der Waals surface area (Å²) < 4.78 is 5.20. The van der Waals surface area contributed by atoms with Crippen LogP contribution in [0.15, 0.2) is 16.7 Å². The van der Waals surface area contributed by atoms with Crippen LogP contribution in [0.2, 0.25) is 0 Å². The van der Waals surface area contributed by atoms with Gasteiger partial charge in [0.25, 0.3) is 5.91 Å². The predicted molar refractivity (Wildman–Crippen MR) is 75.0 cm³/mol. The van der Waals surface area contributed by atoms with Crippen molar-refractivity contribution in [3.05, 3.63) is 23.7 Å². The fraction of sp³-hybridized carbons (Fsp3) is 0.643. The van der Waals surface area contributed by atoms with E-state index in [1.807, 2.05) is 13.0 Å². The highest BCUT2D eigenvalue weighted by Gasteiger charge is 2.25. The molecule has 100 valence electrons. The average molecular weight is 314 g/mol. The lowest BCUT2D eigenvalue weighted by Gasteiger charge is -2.30. The molecule has 0 radical (unpaired) electrons. The van der Waals surface area contributed by atoms with Gasteiger partial charge in [0.1, 0.15) is 0 Å². The smallest absolute Gasteiger partial charge is 0.287 e. The zero-order valence-corrected chi connectivity index (χ0v) is 12.3. The van der Waals surface area contributed by atoms with Crippen LogP contribution in [0.1, 0.15) is 41.8 Å². The number of amides is 1. The highest BCUT2D eigenvalue weighted by molar-refractivity contribution is 9.09. The number of nitrogens with one attached hydrogen (secondary N) is 1. The molecule has 0 saturated heterocycles. The predicted octanol–water partition coefficient (Wildman–Crippen LogP) is 3.52. The molecule has 1 fully saturated rings. The standard InChI is InChI=1S/C14H20BrNO2/c1-10-6-7-18-13(10)14(17)16-9-12-5-3-2-4-11(12)8-15/h6-7,11-12H,2-5,8-9H2,1H3,(H,16,17). The van der Waals surface area contributed by atoms with Crippen molar-refractivity contribution in [3.8, 4) is 0 Å². The van der Waals surface area contributed by atoms with Gasteiger partial charge in [0.2, 0.25) is 0 Å². The van der Waals surface area contributed by atoms with Crippen LogP contribution >= 0.6 is 15.9 Å².